The summed E-state index contributed by atoms with van der Waals surface area (Å²) >= 11 is 0. The SMILES string of the molecule is C/C=C/C=C/c1cc(N2CCCCC2)ccc1O. The van der Waals surface area contributed by atoms with Crippen molar-refractivity contribution in [2.45, 2.75) is 26.2 Å². The molecule has 18 heavy (non-hydrogen) atoms. The molecule has 0 atom stereocenters. The average Bonchev–Trinajstić information content (AvgIpc) is 2.42. The molecule has 2 heteroatoms. The van der Waals surface area contributed by atoms with Crippen LogP contribution in [-0.4, -0.2) is 18.2 Å². The summed E-state index contributed by atoms with van der Waals surface area (Å²) in [5.41, 5.74) is 2.10. The quantitative estimate of drug-likeness (QED) is 0.812. The van der Waals surface area contributed by atoms with Crippen molar-refractivity contribution in [3.05, 3.63) is 42.0 Å². The molecule has 0 spiro atoms. The third-order valence-electron chi connectivity index (χ3n) is 3.31. The second-order valence-electron chi connectivity index (χ2n) is 4.68. The highest BCUT2D eigenvalue weighted by molar-refractivity contribution is 5.64. The summed E-state index contributed by atoms with van der Waals surface area (Å²) in [6.45, 7) is 4.24. The average molecular weight is 243 g/mol. The minimum absolute atomic E-state index is 0.344. The van der Waals surface area contributed by atoms with Crippen LogP contribution in [0, 0.1) is 0 Å². The van der Waals surface area contributed by atoms with Gasteiger partial charge in [-0.2, -0.15) is 0 Å². The molecular weight excluding hydrogens is 222 g/mol. The Kier molecular flexibility index (Phi) is 4.46. The first-order chi connectivity index (χ1) is 8.81. The normalized spacial score (nSPS) is 16.8. The van der Waals surface area contributed by atoms with Gasteiger partial charge in [-0.3, -0.25) is 0 Å². The first-order valence-corrected chi connectivity index (χ1v) is 6.68. The molecule has 0 amide bonds. The predicted octanol–water partition coefficient (Wildman–Crippen LogP) is 3.97. The summed E-state index contributed by atoms with van der Waals surface area (Å²) in [6, 6.07) is 5.87. The molecule has 0 bridgehead atoms. The van der Waals surface area contributed by atoms with Crippen molar-refractivity contribution in [3.63, 3.8) is 0 Å². The molecule has 96 valence electrons. The molecule has 1 saturated heterocycles. The molecule has 2 nitrogen and oxygen atoms in total. The zero-order valence-electron chi connectivity index (χ0n) is 11.0. The zero-order chi connectivity index (χ0) is 12.8. The van der Waals surface area contributed by atoms with E-state index in [-0.39, 0.29) is 0 Å². The van der Waals surface area contributed by atoms with Gasteiger partial charge in [0.1, 0.15) is 5.75 Å². The number of benzene rings is 1. The number of hydrogen-bond acceptors (Lipinski definition) is 2. The molecule has 1 aliphatic heterocycles. The van der Waals surface area contributed by atoms with Gasteiger partial charge in [0.2, 0.25) is 0 Å². The van der Waals surface area contributed by atoms with E-state index in [9.17, 15) is 5.11 Å². The van der Waals surface area contributed by atoms with E-state index >= 15 is 0 Å². The molecule has 1 aromatic rings. The smallest absolute Gasteiger partial charge is 0.122 e. The second-order valence-corrected chi connectivity index (χ2v) is 4.68. The monoisotopic (exact) mass is 243 g/mol. The van der Waals surface area contributed by atoms with Crippen molar-refractivity contribution < 1.29 is 5.11 Å². The van der Waals surface area contributed by atoms with Gasteiger partial charge in [-0.05, 0) is 44.4 Å². The number of hydrogen-bond donors (Lipinski definition) is 1. The van der Waals surface area contributed by atoms with Crippen molar-refractivity contribution in [2.75, 3.05) is 18.0 Å². The van der Waals surface area contributed by atoms with Gasteiger partial charge in [0, 0.05) is 24.3 Å². The van der Waals surface area contributed by atoms with Gasteiger partial charge in [0.05, 0.1) is 0 Å². The molecule has 1 aromatic carbocycles. The fourth-order valence-electron chi connectivity index (χ4n) is 2.29. The molecule has 0 aliphatic carbocycles. The van der Waals surface area contributed by atoms with E-state index in [4.69, 9.17) is 0 Å². The molecule has 0 aromatic heterocycles. The Bertz CT molecular complexity index is 442. The number of nitrogens with zero attached hydrogens (tertiary/aromatic N) is 1. The standard InChI is InChI=1S/C16H21NO/c1-2-3-5-8-14-13-15(9-10-16(14)18)17-11-6-4-7-12-17/h2-3,5,8-10,13,18H,4,6-7,11-12H2,1H3/b3-2+,8-5+. The van der Waals surface area contributed by atoms with Crippen LogP contribution in [0.3, 0.4) is 0 Å². The predicted molar refractivity (Wildman–Crippen MR) is 78.0 cm³/mol. The Labute approximate surface area is 109 Å². The lowest BCUT2D eigenvalue weighted by Crippen LogP contribution is -2.29. The van der Waals surface area contributed by atoms with Crippen LogP contribution in [0.4, 0.5) is 5.69 Å². The third kappa shape index (κ3) is 3.16. The molecule has 1 heterocycles. The summed E-state index contributed by atoms with van der Waals surface area (Å²) in [5, 5.41) is 9.84. The topological polar surface area (TPSA) is 23.5 Å². The second kappa shape index (κ2) is 6.29. The van der Waals surface area contributed by atoms with Gasteiger partial charge in [-0.1, -0.05) is 24.3 Å². The van der Waals surface area contributed by atoms with Gasteiger partial charge in [0.15, 0.2) is 0 Å². The van der Waals surface area contributed by atoms with E-state index in [2.05, 4.69) is 11.0 Å². The molecule has 0 unspecified atom stereocenters. The van der Waals surface area contributed by atoms with E-state index in [0.717, 1.165) is 18.7 Å². The molecule has 1 fully saturated rings. The highest BCUT2D eigenvalue weighted by Crippen LogP contribution is 2.27. The number of rotatable bonds is 3. The number of aromatic hydroxyl groups is 1. The maximum atomic E-state index is 9.84. The van der Waals surface area contributed by atoms with Crippen LogP contribution < -0.4 is 4.90 Å². The van der Waals surface area contributed by atoms with Crippen LogP contribution >= 0.6 is 0 Å². The lowest BCUT2D eigenvalue weighted by Gasteiger charge is -2.29. The van der Waals surface area contributed by atoms with Gasteiger partial charge in [-0.15, -0.1) is 0 Å². The Hall–Kier alpha value is -1.70. The van der Waals surface area contributed by atoms with Crippen molar-refractivity contribution in [2.24, 2.45) is 0 Å². The van der Waals surface area contributed by atoms with Gasteiger partial charge in [-0.25, -0.2) is 0 Å². The number of piperidine rings is 1. The van der Waals surface area contributed by atoms with E-state index < -0.39 is 0 Å². The molecule has 0 radical (unpaired) electrons. The summed E-state index contributed by atoms with van der Waals surface area (Å²) in [4.78, 5) is 2.40. The van der Waals surface area contributed by atoms with Crippen LogP contribution in [0.25, 0.3) is 6.08 Å². The summed E-state index contributed by atoms with van der Waals surface area (Å²) in [5.74, 6) is 0.344. The molecule has 2 rings (SSSR count). The lowest BCUT2D eigenvalue weighted by molar-refractivity contribution is 0.474. The minimum Gasteiger partial charge on any atom is -0.507 e. The van der Waals surface area contributed by atoms with Gasteiger partial charge < -0.3 is 10.0 Å². The van der Waals surface area contributed by atoms with Gasteiger partial charge in [0.25, 0.3) is 0 Å². The first kappa shape index (κ1) is 12.7. The van der Waals surface area contributed by atoms with Crippen molar-refractivity contribution >= 4 is 11.8 Å². The summed E-state index contributed by atoms with van der Waals surface area (Å²) in [7, 11) is 0. The van der Waals surface area contributed by atoms with Gasteiger partial charge >= 0.3 is 0 Å². The fraction of sp³-hybridized carbons (Fsp3) is 0.375. The molecule has 1 N–H and O–H groups in total. The van der Waals surface area contributed by atoms with E-state index in [1.54, 1.807) is 6.07 Å². The van der Waals surface area contributed by atoms with Crippen LogP contribution in [-0.2, 0) is 0 Å². The highest BCUT2D eigenvalue weighted by Gasteiger charge is 2.11. The lowest BCUT2D eigenvalue weighted by atomic mass is 10.1. The number of phenols is 1. The van der Waals surface area contributed by atoms with E-state index in [1.807, 2.05) is 37.3 Å². The largest absolute Gasteiger partial charge is 0.507 e. The fourth-order valence-corrected chi connectivity index (χ4v) is 2.29. The first-order valence-electron chi connectivity index (χ1n) is 6.68. The maximum absolute atomic E-state index is 9.84. The van der Waals surface area contributed by atoms with Crippen molar-refractivity contribution in [1.29, 1.82) is 0 Å². The number of anilines is 1. The van der Waals surface area contributed by atoms with Crippen molar-refractivity contribution in [1.82, 2.24) is 0 Å². The third-order valence-corrected chi connectivity index (χ3v) is 3.31. The van der Waals surface area contributed by atoms with E-state index in [1.165, 1.54) is 24.9 Å². The minimum atomic E-state index is 0.344. The van der Waals surface area contributed by atoms with Crippen LogP contribution in [0.1, 0.15) is 31.7 Å². The summed E-state index contributed by atoms with van der Waals surface area (Å²) < 4.78 is 0. The Morgan fingerprint density at radius 1 is 1.11 bits per heavy atom. The number of allylic oxidation sites excluding steroid dienone is 3. The highest BCUT2D eigenvalue weighted by atomic mass is 16.3. The van der Waals surface area contributed by atoms with Crippen LogP contribution in [0.5, 0.6) is 5.75 Å². The zero-order valence-corrected chi connectivity index (χ0v) is 11.0. The molecule has 1 aliphatic rings. The van der Waals surface area contributed by atoms with E-state index in [0.29, 0.717) is 5.75 Å². The Morgan fingerprint density at radius 2 is 1.89 bits per heavy atom. The van der Waals surface area contributed by atoms with Crippen LogP contribution in [0.2, 0.25) is 0 Å². The Balaban J connectivity index is 2.19. The summed E-state index contributed by atoms with van der Waals surface area (Å²) in [6.07, 6.45) is 11.7. The maximum Gasteiger partial charge on any atom is 0.122 e. The molecule has 0 saturated carbocycles. The van der Waals surface area contributed by atoms with Crippen molar-refractivity contribution in [3.8, 4) is 5.75 Å². The number of phenolic OH excluding ortho intramolecular Hbond substituents is 1. The van der Waals surface area contributed by atoms with Crippen LogP contribution in [0.15, 0.2) is 36.4 Å². The Morgan fingerprint density at radius 3 is 2.61 bits per heavy atom. The molecular formula is C16H21NO.